The molecule has 0 saturated carbocycles. The highest BCUT2D eigenvalue weighted by Gasteiger charge is 2.55. The molecule has 4 aromatic carbocycles. The van der Waals surface area contributed by atoms with Gasteiger partial charge in [0.15, 0.2) is 5.82 Å². The highest BCUT2D eigenvalue weighted by atomic mass is 16.6. The second-order valence-corrected chi connectivity index (χ2v) is 10.7. The Hall–Kier alpha value is -4.85. The third-order valence-corrected chi connectivity index (χ3v) is 7.69. The maximum atomic E-state index is 13.6. The Morgan fingerprint density at radius 1 is 0.949 bits per heavy atom. The molecule has 8 heteroatoms. The van der Waals surface area contributed by atoms with Gasteiger partial charge in [0.1, 0.15) is 0 Å². The number of benzene rings is 4. The first-order valence-corrected chi connectivity index (χ1v) is 12.8. The number of nitro groups is 1. The summed E-state index contributed by atoms with van der Waals surface area (Å²) in [5.41, 5.74) is 1.22. The van der Waals surface area contributed by atoms with E-state index in [0.29, 0.717) is 23.4 Å². The van der Waals surface area contributed by atoms with Crippen LogP contribution in [0.25, 0.3) is 22.2 Å². The zero-order chi connectivity index (χ0) is 27.2. The summed E-state index contributed by atoms with van der Waals surface area (Å²) >= 11 is 0. The number of carbonyl (C=O) groups is 1. The smallest absolute Gasteiger partial charge is 0.273 e. The number of anilines is 1. The Morgan fingerprint density at radius 3 is 2.26 bits per heavy atom. The Morgan fingerprint density at radius 2 is 1.56 bits per heavy atom. The molecular weight excluding hydrogens is 490 g/mol. The first kappa shape index (κ1) is 24.5. The molecule has 0 radical (unpaired) electrons. The fourth-order valence-electron chi connectivity index (χ4n) is 5.82. The number of fused-ring (bicyclic) bond motifs is 3. The minimum Gasteiger partial charge on any atom is -0.293 e. The Balaban J connectivity index is 1.33. The van der Waals surface area contributed by atoms with Crippen molar-refractivity contribution >= 4 is 22.6 Å². The summed E-state index contributed by atoms with van der Waals surface area (Å²) in [6.45, 7) is 3.46. The van der Waals surface area contributed by atoms with Crippen LogP contribution in [0.4, 0.5) is 5.95 Å². The van der Waals surface area contributed by atoms with Crippen molar-refractivity contribution in [1.29, 1.82) is 0 Å². The number of rotatable bonds is 6. The van der Waals surface area contributed by atoms with Gasteiger partial charge in [0.05, 0.1) is 5.41 Å². The minimum atomic E-state index is -1.57. The summed E-state index contributed by atoms with van der Waals surface area (Å²) in [5, 5.41) is 25.0. The van der Waals surface area contributed by atoms with E-state index < -0.39 is 16.9 Å². The number of nitrogens with one attached hydrogen (secondary N) is 2. The summed E-state index contributed by atoms with van der Waals surface area (Å²) in [4.78, 5) is 30.9. The van der Waals surface area contributed by atoms with Gasteiger partial charge in [0, 0.05) is 28.0 Å². The third kappa shape index (κ3) is 4.05. The van der Waals surface area contributed by atoms with Crippen molar-refractivity contribution in [3.8, 4) is 11.4 Å². The van der Waals surface area contributed by atoms with E-state index in [1.54, 1.807) is 13.8 Å². The summed E-state index contributed by atoms with van der Waals surface area (Å²) in [5.74, 6) is 0.250. The average molecular weight is 518 g/mol. The van der Waals surface area contributed by atoms with Crippen LogP contribution in [-0.4, -0.2) is 26.0 Å². The van der Waals surface area contributed by atoms with Crippen molar-refractivity contribution in [3.63, 3.8) is 0 Å². The fraction of sp³-hybridized carbons (Fsp3) is 0.194. The van der Waals surface area contributed by atoms with Gasteiger partial charge in [0.25, 0.3) is 5.54 Å². The molecular formula is C31H27N5O3. The molecule has 0 fully saturated rings. The van der Waals surface area contributed by atoms with Gasteiger partial charge in [0.2, 0.25) is 11.9 Å². The van der Waals surface area contributed by atoms with Gasteiger partial charge in [-0.2, -0.15) is 4.98 Å². The number of carbonyl (C=O) groups excluding carboxylic acids is 1. The van der Waals surface area contributed by atoms with Crippen LogP contribution >= 0.6 is 0 Å². The predicted octanol–water partition coefficient (Wildman–Crippen LogP) is 6.10. The van der Waals surface area contributed by atoms with Crippen LogP contribution in [0.5, 0.6) is 0 Å². The highest BCUT2D eigenvalue weighted by molar-refractivity contribution is 5.96. The van der Waals surface area contributed by atoms with Gasteiger partial charge in [-0.15, -0.1) is 5.10 Å². The Kier molecular flexibility index (Phi) is 5.75. The molecule has 0 atom stereocenters. The average Bonchev–Trinajstić information content (AvgIpc) is 3.40. The molecule has 39 heavy (non-hydrogen) atoms. The second kappa shape index (κ2) is 9.16. The molecule has 2 N–H and O–H groups in total. The van der Waals surface area contributed by atoms with Crippen LogP contribution < -0.4 is 5.32 Å². The number of amides is 1. The first-order chi connectivity index (χ1) is 18.8. The van der Waals surface area contributed by atoms with Gasteiger partial charge in [-0.25, -0.2) is 0 Å². The normalized spacial score (nSPS) is 13.9. The van der Waals surface area contributed by atoms with Gasteiger partial charge < -0.3 is 0 Å². The van der Waals surface area contributed by atoms with E-state index in [2.05, 4.69) is 20.5 Å². The van der Waals surface area contributed by atoms with Crippen molar-refractivity contribution in [1.82, 2.24) is 15.2 Å². The zero-order valence-electron chi connectivity index (χ0n) is 21.6. The molecule has 0 bridgehead atoms. The molecule has 1 heterocycles. The number of hydrogen-bond acceptors (Lipinski definition) is 5. The van der Waals surface area contributed by atoms with Gasteiger partial charge >= 0.3 is 0 Å². The van der Waals surface area contributed by atoms with E-state index in [9.17, 15) is 14.9 Å². The summed E-state index contributed by atoms with van der Waals surface area (Å²) in [6, 6.07) is 28.8. The van der Waals surface area contributed by atoms with E-state index in [-0.39, 0.29) is 17.3 Å². The first-order valence-electron chi connectivity index (χ1n) is 12.8. The van der Waals surface area contributed by atoms with Crippen LogP contribution in [0, 0.1) is 15.5 Å². The lowest BCUT2D eigenvalue weighted by Crippen LogP contribution is -2.47. The lowest BCUT2D eigenvalue weighted by molar-refractivity contribution is -0.570. The van der Waals surface area contributed by atoms with Gasteiger partial charge in [-0.3, -0.25) is 25.3 Å². The lowest BCUT2D eigenvalue weighted by Gasteiger charge is -2.37. The van der Waals surface area contributed by atoms with Crippen LogP contribution in [-0.2, 0) is 16.8 Å². The molecule has 0 saturated heterocycles. The Bertz CT molecular complexity index is 1690. The monoisotopic (exact) mass is 517 g/mol. The largest absolute Gasteiger partial charge is 0.293 e. The number of nitrogens with zero attached hydrogens (tertiary/aromatic N) is 3. The van der Waals surface area contributed by atoms with Crippen molar-refractivity contribution in [2.45, 2.75) is 32.2 Å². The Labute approximate surface area is 225 Å². The quantitative estimate of drug-likeness (QED) is 0.209. The standard InChI is InChI=1S/C31H27N5O3/c1-30(2,19-31(36(38)39)25-16-7-4-11-21(25)18-22-12-5-8-17-26(22)31)28(37)33-29-32-27(34-35-29)24-15-9-13-20-10-3-6-14-23(20)24/h3-17H,18-19H2,1-2H3,(H2,32,33,34,35,37). The summed E-state index contributed by atoms with van der Waals surface area (Å²) in [7, 11) is 0. The lowest BCUT2D eigenvalue weighted by atomic mass is 9.65. The van der Waals surface area contributed by atoms with Crippen LogP contribution in [0.2, 0.25) is 0 Å². The fourth-order valence-corrected chi connectivity index (χ4v) is 5.82. The molecule has 1 aliphatic carbocycles. The van der Waals surface area contributed by atoms with E-state index in [0.717, 1.165) is 27.5 Å². The van der Waals surface area contributed by atoms with E-state index in [1.807, 2.05) is 91.0 Å². The molecule has 8 nitrogen and oxygen atoms in total. The predicted molar refractivity (Wildman–Crippen MR) is 150 cm³/mol. The summed E-state index contributed by atoms with van der Waals surface area (Å²) in [6.07, 6.45) is 0.580. The topological polar surface area (TPSA) is 114 Å². The minimum absolute atomic E-state index is 0.0343. The molecule has 0 aliphatic heterocycles. The van der Waals surface area contributed by atoms with Crippen LogP contribution in [0.1, 0.15) is 42.5 Å². The maximum absolute atomic E-state index is 13.6. The van der Waals surface area contributed by atoms with E-state index >= 15 is 0 Å². The highest BCUT2D eigenvalue weighted by Crippen LogP contribution is 2.48. The van der Waals surface area contributed by atoms with Crippen LogP contribution in [0.15, 0.2) is 91.0 Å². The number of aromatic nitrogens is 3. The van der Waals surface area contributed by atoms with Crippen LogP contribution in [0.3, 0.4) is 0 Å². The SMILES string of the molecule is CC(C)(CC1([N+](=O)[O-])c2ccccc2Cc2ccccc21)C(=O)Nc1n[nH]c(-c2cccc3ccccc23)n1. The van der Waals surface area contributed by atoms with E-state index in [1.165, 1.54) is 0 Å². The second-order valence-electron chi connectivity index (χ2n) is 10.7. The molecule has 5 aromatic rings. The molecule has 0 unspecified atom stereocenters. The third-order valence-electron chi connectivity index (χ3n) is 7.69. The molecule has 1 aromatic heterocycles. The summed E-state index contributed by atoms with van der Waals surface area (Å²) < 4.78 is 0. The molecule has 1 amide bonds. The number of hydrogen-bond donors (Lipinski definition) is 2. The van der Waals surface area contributed by atoms with Crippen molar-refractivity contribution < 1.29 is 9.72 Å². The van der Waals surface area contributed by atoms with Gasteiger partial charge in [-0.05, 0) is 28.3 Å². The van der Waals surface area contributed by atoms with E-state index in [4.69, 9.17) is 0 Å². The molecule has 0 spiro atoms. The molecule has 6 rings (SSSR count). The zero-order valence-corrected chi connectivity index (χ0v) is 21.6. The van der Waals surface area contributed by atoms with Crippen molar-refractivity contribution in [2.75, 3.05) is 5.32 Å². The number of aromatic amines is 1. The number of H-pyrrole nitrogens is 1. The van der Waals surface area contributed by atoms with Crippen molar-refractivity contribution in [3.05, 3.63) is 123 Å². The van der Waals surface area contributed by atoms with Crippen molar-refractivity contribution in [2.24, 2.45) is 5.41 Å². The maximum Gasteiger partial charge on any atom is 0.273 e. The molecule has 194 valence electrons. The van der Waals surface area contributed by atoms with Gasteiger partial charge in [-0.1, -0.05) is 105 Å². The molecule has 1 aliphatic rings.